The standard InChI is InChI=1S/C14H19NO4/c1-9-6-7-12(15(3)4)11(8-9)13(14(17)18-5)19-10(2)16/h6-8,13H,1-5H3. The van der Waals surface area contributed by atoms with Crippen molar-refractivity contribution in [2.45, 2.75) is 20.0 Å². The second kappa shape index (κ2) is 6.22. The molecule has 0 N–H and O–H groups in total. The highest BCUT2D eigenvalue weighted by atomic mass is 16.6. The number of carbonyl (C=O) groups is 2. The molecule has 0 radical (unpaired) electrons. The van der Waals surface area contributed by atoms with Crippen LogP contribution in [0.15, 0.2) is 18.2 Å². The van der Waals surface area contributed by atoms with Gasteiger partial charge in [0.25, 0.3) is 0 Å². The maximum Gasteiger partial charge on any atom is 0.352 e. The molecule has 0 heterocycles. The first-order chi connectivity index (χ1) is 8.86. The summed E-state index contributed by atoms with van der Waals surface area (Å²) in [5.41, 5.74) is 2.40. The Bertz CT molecular complexity index is 482. The Morgan fingerprint density at radius 2 is 1.89 bits per heavy atom. The molecule has 0 aromatic heterocycles. The van der Waals surface area contributed by atoms with Crippen LogP contribution in [0.1, 0.15) is 24.2 Å². The van der Waals surface area contributed by atoms with Gasteiger partial charge in [-0.2, -0.15) is 0 Å². The van der Waals surface area contributed by atoms with Crippen LogP contribution in [0.5, 0.6) is 0 Å². The third kappa shape index (κ3) is 3.71. The van der Waals surface area contributed by atoms with Gasteiger partial charge in [-0.25, -0.2) is 4.79 Å². The first-order valence-corrected chi connectivity index (χ1v) is 5.89. The predicted octanol–water partition coefficient (Wildman–Crippen LogP) is 1.84. The van der Waals surface area contributed by atoms with Crippen LogP contribution >= 0.6 is 0 Å². The number of benzene rings is 1. The van der Waals surface area contributed by atoms with Crippen molar-refractivity contribution in [2.24, 2.45) is 0 Å². The second-order valence-corrected chi connectivity index (χ2v) is 4.47. The van der Waals surface area contributed by atoms with Gasteiger partial charge in [0, 0.05) is 32.3 Å². The topological polar surface area (TPSA) is 55.8 Å². The van der Waals surface area contributed by atoms with Gasteiger partial charge in [-0.1, -0.05) is 11.6 Å². The van der Waals surface area contributed by atoms with Crippen LogP contribution in [0.25, 0.3) is 0 Å². The molecule has 0 saturated carbocycles. The largest absolute Gasteiger partial charge is 0.466 e. The Kier molecular flexibility index (Phi) is 4.92. The Morgan fingerprint density at radius 1 is 1.26 bits per heavy atom. The minimum Gasteiger partial charge on any atom is -0.466 e. The first kappa shape index (κ1) is 15.0. The SMILES string of the molecule is COC(=O)C(OC(C)=O)c1cc(C)ccc1N(C)C. The number of anilines is 1. The quantitative estimate of drug-likeness (QED) is 0.777. The lowest BCUT2D eigenvalue weighted by Gasteiger charge is -2.22. The average Bonchev–Trinajstić information content (AvgIpc) is 2.34. The summed E-state index contributed by atoms with van der Waals surface area (Å²) < 4.78 is 9.80. The molecular formula is C14H19NO4. The summed E-state index contributed by atoms with van der Waals surface area (Å²) in [6, 6.07) is 5.63. The lowest BCUT2D eigenvalue weighted by atomic mass is 10.0. The van der Waals surface area contributed by atoms with Crippen LogP contribution in [0.2, 0.25) is 0 Å². The average molecular weight is 265 g/mol. The molecule has 0 spiro atoms. The Hall–Kier alpha value is -2.04. The van der Waals surface area contributed by atoms with Gasteiger partial charge in [0.2, 0.25) is 6.10 Å². The maximum absolute atomic E-state index is 11.8. The van der Waals surface area contributed by atoms with Gasteiger partial charge in [-0.3, -0.25) is 4.79 Å². The predicted molar refractivity (Wildman–Crippen MR) is 72.0 cm³/mol. The van der Waals surface area contributed by atoms with Crippen LogP contribution in [-0.2, 0) is 19.1 Å². The number of nitrogens with zero attached hydrogens (tertiary/aromatic N) is 1. The van der Waals surface area contributed by atoms with Crippen LogP contribution in [0.3, 0.4) is 0 Å². The lowest BCUT2D eigenvalue weighted by Crippen LogP contribution is -2.23. The normalized spacial score (nSPS) is 11.6. The minimum absolute atomic E-state index is 0.526. The molecule has 0 amide bonds. The van der Waals surface area contributed by atoms with E-state index in [1.165, 1.54) is 14.0 Å². The smallest absolute Gasteiger partial charge is 0.352 e. The number of hydrogen-bond acceptors (Lipinski definition) is 5. The van der Waals surface area contributed by atoms with E-state index in [0.29, 0.717) is 5.56 Å². The van der Waals surface area contributed by atoms with Gasteiger partial charge in [0.1, 0.15) is 0 Å². The maximum atomic E-state index is 11.8. The Morgan fingerprint density at radius 3 is 2.37 bits per heavy atom. The Labute approximate surface area is 113 Å². The molecule has 1 atom stereocenters. The summed E-state index contributed by atoms with van der Waals surface area (Å²) in [7, 11) is 4.98. The van der Waals surface area contributed by atoms with Crippen LogP contribution in [0.4, 0.5) is 5.69 Å². The van der Waals surface area contributed by atoms with Crippen molar-refractivity contribution in [3.05, 3.63) is 29.3 Å². The molecule has 104 valence electrons. The molecule has 5 heteroatoms. The van der Waals surface area contributed by atoms with Gasteiger partial charge in [-0.15, -0.1) is 0 Å². The number of rotatable bonds is 4. The van der Waals surface area contributed by atoms with Crippen molar-refractivity contribution in [1.82, 2.24) is 0 Å². The number of ether oxygens (including phenoxy) is 2. The van der Waals surface area contributed by atoms with Gasteiger partial charge in [-0.05, 0) is 19.1 Å². The van der Waals surface area contributed by atoms with E-state index in [0.717, 1.165) is 11.3 Å². The summed E-state index contributed by atoms with van der Waals surface area (Å²) in [6.45, 7) is 3.17. The zero-order chi connectivity index (χ0) is 14.6. The molecule has 1 aromatic carbocycles. The van der Waals surface area contributed by atoms with E-state index in [1.54, 1.807) is 0 Å². The van der Waals surface area contributed by atoms with Crippen molar-refractivity contribution in [3.63, 3.8) is 0 Å². The molecule has 0 bridgehead atoms. The zero-order valence-corrected chi connectivity index (χ0v) is 11.9. The highest BCUT2D eigenvalue weighted by molar-refractivity contribution is 5.82. The van der Waals surface area contributed by atoms with Gasteiger partial charge < -0.3 is 14.4 Å². The molecule has 0 saturated heterocycles. The van der Waals surface area contributed by atoms with Gasteiger partial charge in [0.15, 0.2) is 0 Å². The van der Waals surface area contributed by atoms with Crippen molar-refractivity contribution in [1.29, 1.82) is 0 Å². The van der Waals surface area contributed by atoms with E-state index in [1.807, 2.05) is 44.1 Å². The van der Waals surface area contributed by atoms with E-state index in [-0.39, 0.29) is 0 Å². The lowest BCUT2D eigenvalue weighted by molar-refractivity contribution is -0.165. The Balaban J connectivity index is 3.31. The summed E-state index contributed by atoms with van der Waals surface area (Å²) in [5, 5.41) is 0. The van der Waals surface area contributed by atoms with Gasteiger partial charge >= 0.3 is 11.9 Å². The van der Waals surface area contributed by atoms with E-state index in [4.69, 9.17) is 9.47 Å². The molecule has 0 aliphatic heterocycles. The number of carbonyl (C=O) groups excluding carboxylic acids is 2. The molecule has 1 aromatic rings. The molecule has 0 fully saturated rings. The van der Waals surface area contributed by atoms with E-state index in [2.05, 4.69) is 0 Å². The summed E-state index contributed by atoms with van der Waals surface area (Å²) in [6.07, 6.45) is -1.04. The summed E-state index contributed by atoms with van der Waals surface area (Å²) >= 11 is 0. The third-order valence-corrected chi connectivity index (χ3v) is 2.65. The van der Waals surface area contributed by atoms with E-state index < -0.39 is 18.0 Å². The van der Waals surface area contributed by atoms with Crippen molar-refractivity contribution in [3.8, 4) is 0 Å². The minimum atomic E-state index is -1.04. The highest BCUT2D eigenvalue weighted by Crippen LogP contribution is 2.29. The third-order valence-electron chi connectivity index (χ3n) is 2.65. The van der Waals surface area contributed by atoms with Crippen molar-refractivity contribution >= 4 is 17.6 Å². The van der Waals surface area contributed by atoms with Crippen LogP contribution in [-0.4, -0.2) is 33.1 Å². The summed E-state index contributed by atoms with van der Waals surface area (Å²) in [5.74, 6) is -1.12. The number of methoxy groups -OCH3 is 1. The highest BCUT2D eigenvalue weighted by Gasteiger charge is 2.27. The second-order valence-electron chi connectivity index (χ2n) is 4.47. The fourth-order valence-electron chi connectivity index (χ4n) is 1.80. The summed E-state index contributed by atoms with van der Waals surface area (Å²) in [4.78, 5) is 24.8. The fourth-order valence-corrected chi connectivity index (χ4v) is 1.80. The molecule has 1 unspecified atom stereocenters. The van der Waals surface area contributed by atoms with Crippen molar-refractivity contribution < 1.29 is 19.1 Å². The number of aryl methyl sites for hydroxylation is 1. The molecule has 1 rings (SSSR count). The van der Waals surface area contributed by atoms with E-state index >= 15 is 0 Å². The van der Waals surface area contributed by atoms with E-state index in [9.17, 15) is 9.59 Å². The van der Waals surface area contributed by atoms with Crippen LogP contribution < -0.4 is 4.90 Å². The number of esters is 2. The van der Waals surface area contributed by atoms with Crippen LogP contribution in [0, 0.1) is 6.92 Å². The van der Waals surface area contributed by atoms with Gasteiger partial charge in [0.05, 0.1) is 7.11 Å². The zero-order valence-electron chi connectivity index (χ0n) is 11.9. The molecular weight excluding hydrogens is 246 g/mol. The van der Waals surface area contributed by atoms with Crippen molar-refractivity contribution in [2.75, 3.05) is 26.1 Å². The molecule has 19 heavy (non-hydrogen) atoms. The molecule has 5 nitrogen and oxygen atoms in total. The number of hydrogen-bond donors (Lipinski definition) is 0. The monoisotopic (exact) mass is 265 g/mol. The first-order valence-electron chi connectivity index (χ1n) is 5.89. The fraction of sp³-hybridized carbons (Fsp3) is 0.429. The molecule has 0 aliphatic carbocycles. The molecule has 0 aliphatic rings.